The molecular weight excluding hydrogens is 313 g/mol. The minimum absolute atomic E-state index is 0.0521. The molecule has 9 heteroatoms. The van der Waals surface area contributed by atoms with Crippen LogP contribution >= 0.6 is 0 Å². The summed E-state index contributed by atoms with van der Waals surface area (Å²) in [5, 5.41) is 11.6. The summed E-state index contributed by atoms with van der Waals surface area (Å²) >= 11 is 0. The van der Waals surface area contributed by atoms with Gasteiger partial charge in [0.1, 0.15) is 0 Å². The van der Waals surface area contributed by atoms with Crippen molar-refractivity contribution < 1.29 is 23.1 Å². The number of aliphatic hydroxyl groups excluding tert-OH is 1. The van der Waals surface area contributed by atoms with Crippen molar-refractivity contribution in [1.29, 1.82) is 0 Å². The van der Waals surface area contributed by atoms with Crippen LogP contribution in [0, 0.1) is 0 Å². The SMILES string of the molecule is CC(CO)N(C)CC(=O)Nc1ccc2nc(C(F)(F)F)[nH]c2c1. The van der Waals surface area contributed by atoms with Crippen molar-refractivity contribution in [2.75, 3.05) is 25.5 Å². The number of benzene rings is 1. The van der Waals surface area contributed by atoms with Crippen LogP contribution in [0.5, 0.6) is 0 Å². The molecule has 0 aliphatic heterocycles. The highest BCUT2D eigenvalue weighted by molar-refractivity contribution is 5.94. The molecule has 0 bridgehead atoms. The van der Waals surface area contributed by atoms with Gasteiger partial charge >= 0.3 is 6.18 Å². The fourth-order valence-electron chi connectivity index (χ4n) is 1.94. The van der Waals surface area contributed by atoms with Gasteiger partial charge in [-0.2, -0.15) is 13.2 Å². The summed E-state index contributed by atoms with van der Waals surface area (Å²) < 4.78 is 37.8. The van der Waals surface area contributed by atoms with E-state index >= 15 is 0 Å². The summed E-state index contributed by atoms with van der Waals surface area (Å²) in [7, 11) is 1.69. The van der Waals surface area contributed by atoms with Crippen LogP contribution in [0.4, 0.5) is 18.9 Å². The van der Waals surface area contributed by atoms with Gasteiger partial charge in [-0.05, 0) is 32.2 Å². The van der Waals surface area contributed by atoms with E-state index in [0.29, 0.717) is 5.69 Å². The molecule has 1 heterocycles. The smallest absolute Gasteiger partial charge is 0.395 e. The van der Waals surface area contributed by atoms with Gasteiger partial charge in [-0.15, -0.1) is 0 Å². The maximum absolute atomic E-state index is 12.6. The minimum atomic E-state index is -4.55. The summed E-state index contributed by atoms with van der Waals surface area (Å²) in [6.07, 6.45) is -4.55. The summed E-state index contributed by atoms with van der Waals surface area (Å²) in [6, 6.07) is 4.10. The van der Waals surface area contributed by atoms with E-state index < -0.39 is 12.0 Å². The maximum Gasteiger partial charge on any atom is 0.449 e. The van der Waals surface area contributed by atoms with Crippen LogP contribution in [0.1, 0.15) is 12.7 Å². The molecule has 1 atom stereocenters. The Morgan fingerprint density at radius 2 is 2.17 bits per heavy atom. The standard InChI is InChI=1S/C14H17F3N4O2/c1-8(7-22)21(2)6-12(23)18-9-3-4-10-11(5-9)20-13(19-10)14(15,16)17/h3-5,8,22H,6-7H2,1-2H3,(H,18,23)(H,19,20). The number of H-pyrrole nitrogens is 1. The topological polar surface area (TPSA) is 81.2 Å². The highest BCUT2D eigenvalue weighted by Gasteiger charge is 2.34. The molecule has 1 aromatic carbocycles. The number of nitrogens with zero attached hydrogens (tertiary/aromatic N) is 2. The Morgan fingerprint density at radius 1 is 1.48 bits per heavy atom. The predicted molar refractivity (Wildman–Crippen MR) is 78.9 cm³/mol. The number of fused-ring (bicyclic) bond motifs is 1. The quantitative estimate of drug-likeness (QED) is 0.781. The highest BCUT2D eigenvalue weighted by Crippen LogP contribution is 2.29. The Bertz CT molecular complexity index is 699. The predicted octanol–water partition coefficient (Wildman–Crippen LogP) is 1.83. The van der Waals surface area contributed by atoms with Gasteiger partial charge in [0, 0.05) is 11.7 Å². The molecule has 0 fully saturated rings. The molecule has 2 rings (SSSR count). The van der Waals surface area contributed by atoms with Gasteiger partial charge < -0.3 is 15.4 Å². The average Bonchev–Trinajstić information content (AvgIpc) is 2.89. The van der Waals surface area contributed by atoms with E-state index in [4.69, 9.17) is 5.11 Å². The van der Waals surface area contributed by atoms with Gasteiger partial charge in [0.05, 0.1) is 24.2 Å². The van der Waals surface area contributed by atoms with Crippen LogP contribution in [-0.2, 0) is 11.0 Å². The molecule has 0 saturated heterocycles. The Morgan fingerprint density at radius 3 is 2.78 bits per heavy atom. The molecule has 126 valence electrons. The number of hydrogen-bond donors (Lipinski definition) is 3. The van der Waals surface area contributed by atoms with Gasteiger partial charge in [-0.3, -0.25) is 9.69 Å². The van der Waals surface area contributed by atoms with E-state index in [-0.39, 0.29) is 36.1 Å². The van der Waals surface area contributed by atoms with Gasteiger partial charge in [-0.1, -0.05) is 0 Å². The number of hydrogen-bond acceptors (Lipinski definition) is 4. The first-order valence-corrected chi connectivity index (χ1v) is 6.88. The van der Waals surface area contributed by atoms with Gasteiger partial charge in [0.15, 0.2) is 0 Å². The van der Waals surface area contributed by atoms with Gasteiger partial charge in [0.2, 0.25) is 11.7 Å². The van der Waals surface area contributed by atoms with Crippen LogP contribution in [-0.4, -0.2) is 52.1 Å². The molecule has 1 unspecified atom stereocenters. The molecule has 1 amide bonds. The van der Waals surface area contributed by atoms with Crippen molar-refractivity contribution in [2.24, 2.45) is 0 Å². The number of carbonyl (C=O) groups is 1. The maximum atomic E-state index is 12.6. The second-order valence-electron chi connectivity index (χ2n) is 5.31. The molecule has 3 N–H and O–H groups in total. The number of aromatic amines is 1. The largest absolute Gasteiger partial charge is 0.449 e. The summed E-state index contributed by atoms with van der Waals surface area (Å²) in [4.78, 5) is 19.2. The van der Waals surface area contributed by atoms with Crippen LogP contribution in [0.3, 0.4) is 0 Å². The van der Waals surface area contributed by atoms with E-state index in [0.717, 1.165) is 0 Å². The van der Waals surface area contributed by atoms with Gasteiger partial charge in [-0.25, -0.2) is 4.98 Å². The summed E-state index contributed by atoms with van der Waals surface area (Å²) in [5.74, 6) is -1.41. The fraction of sp³-hybridized carbons (Fsp3) is 0.429. The molecule has 23 heavy (non-hydrogen) atoms. The fourth-order valence-corrected chi connectivity index (χ4v) is 1.94. The van der Waals surface area contributed by atoms with Crippen molar-refractivity contribution in [1.82, 2.24) is 14.9 Å². The zero-order valence-electron chi connectivity index (χ0n) is 12.6. The monoisotopic (exact) mass is 330 g/mol. The second-order valence-corrected chi connectivity index (χ2v) is 5.31. The number of alkyl halides is 3. The molecule has 2 aromatic rings. The molecular formula is C14H17F3N4O2. The number of imidazole rings is 1. The lowest BCUT2D eigenvalue weighted by Crippen LogP contribution is -2.38. The second kappa shape index (κ2) is 6.55. The van der Waals surface area contributed by atoms with E-state index in [2.05, 4.69) is 15.3 Å². The van der Waals surface area contributed by atoms with Crippen molar-refractivity contribution in [2.45, 2.75) is 19.1 Å². The lowest BCUT2D eigenvalue weighted by atomic mass is 10.2. The minimum Gasteiger partial charge on any atom is -0.395 e. The van der Waals surface area contributed by atoms with Crippen LogP contribution < -0.4 is 5.32 Å². The van der Waals surface area contributed by atoms with E-state index in [1.807, 2.05) is 0 Å². The number of aromatic nitrogens is 2. The van der Waals surface area contributed by atoms with Crippen molar-refractivity contribution >= 4 is 22.6 Å². The summed E-state index contributed by atoms with van der Waals surface area (Å²) in [6.45, 7) is 1.74. The average molecular weight is 330 g/mol. The van der Waals surface area contributed by atoms with Crippen molar-refractivity contribution in [3.8, 4) is 0 Å². The number of rotatable bonds is 5. The summed E-state index contributed by atoms with van der Waals surface area (Å²) in [5.41, 5.74) is 0.721. The number of nitrogens with one attached hydrogen (secondary N) is 2. The lowest BCUT2D eigenvalue weighted by Gasteiger charge is -2.21. The van der Waals surface area contributed by atoms with Crippen LogP contribution in [0.2, 0.25) is 0 Å². The Balaban J connectivity index is 2.10. The normalized spacial score (nSPS) is 13.5. The lowest BCUT2D eigenvalue weighted by molar-refractivity contribution is -0.144. The number of carbonyl (C=O) groups excluding carboxylic acids is 1. The van der Waals surface area contributed by atoms with E-state index in [1.54, 1.807) is 18.9 Å². The molecule has 0 aliphatic carbocycles. The number of amides is 1. The number of likely N-dealkylation sites (N-methyl/N-ethyl adjacent to an activating group) is 1. The zero-order chi connectivity index (χ0) is 17.2. The Labute approximate surface area is 130 Å². The van der Waals surface area contributed by atoms with Crippen LogP contribution in [0.15, 0.2) is 18.2 Å². The third kappa shape index (κ3) is 4.20. The Kier molecular flexibility index (Phi) is 4.90. The van der Waals surface area contributed by atoms with Crippen LogP contribution in [0.25, 0.3) is 11.0 Å². The zero-order valence-corrected chi connectivity index (χ0v) is 12.6. The molecule has 1 aromatic heterocycles. The third-order valence-electron chi connectivity index (χ3n) is 3.44. The molecule has 0 aliphatic rings. The van der Waals surface area contributed by atoms with Crippen molar-refractivity contribution in [3.63, 3.8) is 0 Å². The number of anilines is 1. The highest BCUT2D eigenvalue weighted by atomic mass is 19.4. The molecule has 6 nitrogen and oxygen atoms in total. The molecule has 0 radical (unpaired) electrons. The first-order valence-electron chi connectivity index (χ1n) is 6.88. The molecule has 0 spiro atoms. The third-order valence-corrected chi connectivity index (χ3v) is 3.44. The molecule has 0 saturated carbocycles. The van der Waals surface area contributed by atoms with E-state index in [9.17, 15) is 18.0 Å². The Hall–Kier alpha value is -2.13. The first-order chi connectivity index (χ1) is 10.7. The van der Waals surface area contributed by atoms with E-state index in [1.165, 1.54) is 18.2 Å². The van der Waals surface area contributed by atoms with Crippen molar-refractivity contribution in [3.05, 3.63) is 24.0 Å². The first kappa shape index (κ1) is 17.2. The number of halogens is 3. The number of aliphatic hydroxyl groups is 1. The van der Waals surface area contributed by atoms with Gasteiger partial charge in [0.25, 0.3) is 0 Å².